The average molecular weight is 429 g/mol. The van der Waals surface area contributed by atoms with Crippen molar-refractivity contribution in [1.29, 1.82) is 0 Å². The number of rotatable bonds is 10. The Morgan fingerprint density at radius 1 is 1.18 bits per heavy atom. The Morgan fingerprint density at radius 3 is 2.41 bits per heavy atom. The predicted octanol–water partition coefficient (Wildman–Crippen LogP) is 0.216. The Labute approximate surface area is 151 Å². The molecule has 132 valence electrons. The van der Waals surface area contributed by atoms with Crippen LogP contribution in [-0.2, 0) is 9.53 Å². The van der Waals surface area contributed by atoms with E-state index in [0.29, 0.717) is 5.96 Å². The van der Waals surface area contributed by atoms with Gasteiger partial charge in [-0.15, -0.1) is 24.0 Å². The summed E-state index contributed by atoms with van der Waals surface area (Å²) in [4.78, 5) is 19.6. The molecular weight excluding hydrogens is 397 g/mol. The second-order valence-electron chi connectivity index (χ2n) is 5.06. The molecule has 0 aromatic carbocycles. The van der Waals surface area contributed by atoms with Gasteiger partial charge in [-0.2, -0.15) is 0 Å². The van der Waals surface area contributed by atoms with E-state index in [9.17, 15) is 4.79 Å². The van der Waals surface area contributed by atoms with Crippen molar-refractivity contribution in [3.63, 3.8) is 0 Å². The summed E-state index contributed by atoms with van der Waals surface area (Å²) in [5, 5.41) is 6.37. The molecule has 0 aromatic heterocycles. The van der Waals surface area contributed by atoms with Gasteiger partial charge < -0.3 is 25.2 Å². The molecule has 0 aromatic rings. The average Bonchev–Trinajstić information content (AvgIpc) is 2.46. The first kappa shape index (κ1) is 23.7. The van der Waals surface area contributed by atoms with Crippen molar-refractivity contribution in [2.45, 2.75) is 13.3 Å². The number of ether oxygens (including phenoxy) is 1. The molecule has 0 aliphatic heterocycles. The zero-order valence-electron chi connectivity index (χ0n) is 14.5. The zero-order chi connectivity index (χ0) is 16.1. The van der Waals surface area contributed by atoms with Crippen LogP contribution in [-0.4, -0.2) is 89.3 Å². The lowest BCUT2D eigenvalue weighted by Gasteiger charge is -2.17. The molecule has 0 bridgehead atoms. The maximum Gasteiger partial charge on any atom is 0.243 e. The molecule has 0 saturated heterocycles. The second kappa shape index (κ2) is 15.3. The van der Waals surface area contributed by atoms with Crippen LogP contribution in [0.4, 0.5) is 0 Å². The molecule has 0 aliphatic rings. The van der Waals surface area contributed by atoms with E-state index in [0.717, 1.165) is 39.2 Å². The summed E-state index contributed by atoms with van der Waals surface area (Å²) >= 11 is 0. The van der Waals surface area contributed by atoms with Crippen LogP contribution in [0.15, 0.2) is 4.99 Å². The number of hydrogen-bond donors (Lipinski definition) is 2. The zero-order valence-corrected chi connectivity index (χ0v) is 16.8. The molecule has 0 heterocycles. The van der Waals surface area contributed by atoms with Gasteiger partial charge >= 0.3 is 0 Å². The first-order valence-electron chi connectivity index (χ1n) is 7.41. The third kappa shape index (κ3) is 13.1. The summed E-state index contributed by atoms with van der Waals surface area (Å²) in [6.45, 7) is 6.43. The van der Waals surface area contributed by atoms with Crippen LogP contribution in [0.25, 0.3) is 0 Å². The van der Waals surface area contributed by atoms with Crippen molar-refractivity contribution in [2.24, 2.45) is 4.99 Å². The van der Waals surface area contributed by atoms with Crippen molar-refractivity contribution in [3.8, 4) is 0 Å². The van der Waals surface area contributed by atoms with Gasteiger partial charge in [-0.05, 0) is 26.9 Å². The minimum absolute atomic E-state index is 0. The summed E-state index contributed by atoms with van der Waals surface area (Å²) in [5.74, 6) is 0.679. The van der Waals surface area contributed by atoms with E-state index in [4.69, 9.17) is 4.74 Å². The number of hydrogen-bond acceptors (Lipinski definition) is 4. The highest BCUT2D eigenvalue weighted by molar-refractivity contribution is 14.0. The van der Waals surface area contributed by atoms with Gasteiger partial charge in [-0.1, -0.05) is 0 Å². The van der Waals surface area contributed by atoms with Gasteiger partial charge in [0.25, 0.3) is 0 Å². The molecule has 2 N–H and O–H groups in total. The number of carbonyl (C=O) groups is 1. The fourth-order valence-electron chi connectivity index (χ4n) is 1.54. The topological polar surface area (TPSA) is 69.2 Å². The van der Waals surface area contributed by atoms with Gasteiger partial charge in [0, 0.05) is 40.8 Å². The third-order valence-corrected chi connectivity index (χ3v) is 2.90. The molecule has 22 heavy (non-hydrogen) atoms. The quantitative estimate of drug-likeness (QED) is 0.225. The summed E-state index contributed by atoms with van der Waals surface area (Å²) in [6, 6.07) is 0. The van der Waals surface area contributed by atoms with E-state index in [1.165, 1.54) is 4.90 Å². The number of carbonyl (C=O) groups excluding carboxylic acids is 1. The molecule has 0 unspecified atom stereocenters. The number of nitrogens with one attached hydrogen (secondary N) is 2. The van der Waals surface area contributed by atoms with Crippen LogP contribution in [0.1, 0.15) is 13.3 Å². The van der Waals surface area contributed by atoms with Crippen LogP contribution in [0, 0.1) is 0 Å². The van der Waals surface area contributed by atoms with Gasteiger partial charge in [0.05, 0.1) is 6.61 Å². The third-order valence-electron chi connectivity index (χ3n) is 2.90. The fourth-order valence-corrected chi connectivity index (χ4v) is 1.54. The Hall–Kier alpha value is -0.610. The number of guanidine groups is 1. The standard InChI is InChI=1S/C14H31N5O2.HI/c1-6-15-14(17-12-13(20)18(2)3)16-8-7-9-19(4)10-11-21-5;/h6-12H2,1-5H3,(H2,15,16,17);1H. The smallest absolute Gasteiger partial charge is 0.243 e. The van der Waals surface area contributed by atoms with Crippen LogP contribution in [0.2, 0.25) is 0 Å². The maximum absolute atomic E-state index is 11.5. The molecule has 0 fully saturated rings. The van der Waals surface area contributed by atoms with Crippen molar-refractivity contribution >= 4 is 35.8 Å². The molecule has 0 radical (unpaired) electrons. The highest BCUT2D eigenvalue weighted by Crippen LogP contribution is 1.87. The molecule has 7 nitrogen and oxygen atoms in total. The number of nitrogens with zero attached hydrogens (tertiary/aromatic N) is 3. The summed E-state index contributed by atoms with van der Waals surface area (Å²) in [6.07, 6.45) is 1.01. The normalized spacial score (nSPS) is 11.1. The van der Waals surface area contributed by atoms with E-state index in [2.05, 4.69) is 27.6 Å². The number of amides is 1. The first-order valence-corrected chi connectivity index (χ1v) is 7.41. The number of aliphatic imine (C=N–C) groups is 1. The van der Waals surface area contributed by atoms with E-state index in [1.54, 1.807) is 21.2 Å². The maximum atomic E-state index is 11.5. The SMILES string of the molecule is CCNC(=NCC(=O)N(C)C)NCCCN(C)CCOC.I. The fraction of sp³-hybridized carbons (Fsp3) is 0.857. The molecule has 8 heteroatoms. The molecule has 0 atom stereocenters. The lowest BCUT2D eigenvalue weighted by molar-refractivity contribution is -0.127. The largest absolute Gasteiger partial charge is 0.383 e. The van der Waals surface area contributed by atoms with E-state index < -0.39 is 0 Å². The lowest BCUT2D eigenvalue weighted by atomic mass is 10.4. The highest BCUT2D eigenvalue weighted by atomic mass is 127. The van der Waals surface area contributed by atoms with Gasteiger partial charge in [0.2, 0.25) is 5.91 Å². The Morgan fingerprint density at radius 2 is 1.86 bits per heavy atom. The van der Waals surface area contributed by atoms with E-state index in [1.807, 2.05) is 6.92 Å². The van der Waals surface area contributed by atoms with Gasteiger partial charge in [-0.3, -0.25) is 4.79 Å². The minimum Gasteiger partial charge on any atom is -0.383 e. The van der Waals surface area contributed by atoms with Crippen LogP contribution < -0.4 is 10.6 Å². The van der Waals surface area contributed by atoms with Crippen molar-refractivity contribution in [2.75, 3.05) is 67.6 Å². The Bertz CT molecular complexity index is 314. The summed E-state index contributed by atoms with van der Waals surface area (Å²) in [5.41, 5.74) is 0. The minimum atomic E-state index is -0.00787. The highest BCUT2D eigenvalue weighted by Gasteiger charge is 2.04. The molecule has 1 amide bonds. The molecule has 0 rings (SSSR count). The lowest BCUT2D eigenvalue weighted by Crippen LogP contribution is -2.39. The van der Waals surface area contributed by atoms with Crippen LogP contribution >= 0.6 is 24.0 Å². The Balaban J connectivity index is 0. The number of likely N-dealkylation sites (N-methyl/N-ethyl adjacent to an activating group) is 2. The molecule has 0 spiro atoms. The predicted molar refractivity (Wildman–Crippen MR) is 102 cm³/mol. The summed E-state index contributed by atoms with van der Waals surface area (Å²) < 4.78 is 5.04. The van der Waals surface area contributed by atoms with Gasteiger partial charge in [0.1, 0.15) is 6.54 Å². The van der Waals surface area contributed by atoms with Crippen molar-refractivity contribution < 1.29 is 9.53 Å². The molecular formula is C14H32IN5O2. The molecule has 0 saturated carbocycles. The number of halogens is 1. The number of methoxy groups -OCH3 is 1. The summed E-state index contributed by atoms with van der Waals surface area (Å²) in [7, 11) is 7.25. The van der Waals surface area contributed by atoms with Crippen LogP contribution in [0.5, 0.6) is 0 Å². The first-order chi connectivity index (χ1) is 10.0. The van der Waals surface area contributed by atoms with E-state index in [-0.39, 0.29) is 36.4 Å². The monoisotopic (exact) mass is 429 g/mol. The molecule has 0 aliphatic carbocycles. The van der Waals surface area contributed by atoms with Gasteiger partial charge in [-0.25, -0.2) is 4.99 Å². The van der Waals surface area contributed by atoms with Crippen molar-refractivity contribution in [3.05, 3.63) is 0 Å². The van der Waals surface area contributed by atoms with E-state index >= 15 is 0 Å². The van der Waals surface area contributed by atoms with Crippen LogP contribution in [0.3, 0.4) is 0 Å². The Kier molecular flexibility index (Phi) is 16.4. The second-order valence-corrected chi connectivity index (χ2v) is 5.06. The van der Waals surface area contributed by atoms with Crippen molar-refractivity contribution in [1.82, 2.24) is 20.4 Å². The van der Waals surface area contributed by atoms with Gasteiger partial charge in [0.15, 0.2) is 5.96 Å².